The molecule has 0 saturated carbocycles. The molecule has 2 heteroatoms. The van der Waals surface area contributed by atoms with Crippen LogP contribution < -0.4 is 4.90 Å². The molecular weight excluding hydrogens is 510 g/mol. The number of aryl methyl sites for hydroxylation is 2. The highest BCUT2D eigenvalue weighted by molar-refractivity contribution is 5.70. The lowest BCUT2D eigenvalue weighted by molar-refractivity contribution is -0.0541. The van der Waals surface area contributed by atoms with E-state index in [4.69, 9.17) is 0 Å². The van der Waals surface area contributed by atoms with E-state index >= 15 is 0 Å². The summed E-state index contributed by atoms with van der Waals surface area (Å²) in [4.78, 5) is 2.32. The summed E-state index contributed by atoms with van der Waals surface area (Å²) in [5.74, 6) is 1.26. The molecule has 42 heavy (non-hydrogen) atoms. The van der Waals surface area contributed by atoms with Gasteiger partial charge in [0.25, 0.3) is 5.75 Å². The van der Waals surface area contributed by atoms with Gasteiger partial charge >= 0.3 is 0 Å². The van der Waals surface area contributed by atoms with Crippen LogP contribution in [0.3, 0.4) is 0 Å². The van der Waals surface area contributed by atoms with Gasteiger partial charge in [0, 0.05) is 36.0 Å². The highest BCUT2D eigenvalue weighted by atomic mass is 16.7. The zero-order chi connectivity index (χ0) is 31.7. The Bertz CT molecular complexity index is 1330. The van der Waals surface area contributed by atoms with Crippen molar-refractivity contribution in [2.75, 3.05) is 19.1 Å². The number of anilines is 1. The molecule has 3 aliphatic rings. The van der Waals surface area contributed by atoms with Crippen molar-refractivity contribution in [3.63, 3.8) is 0 Å². The smallest absolute Gasteiger partial charge is 0.259 e. The summed E-state index contributed by atoms with van der Waals surface area (Å²) in [6.07, 6.45) is 20.4. The van der Waals surface area contributed by atoms with Crippen LogP contribution in [0, 0.1) is 13.8 Å². The minimum Gasteiger partial charge on any atom is -0.568 e. The van der Waals surface area contributed by atoms with Gasteiger partial charge in [-0.25, -0.2) is 0 Å². The van der Waals surface area contributed by atoms with Gasteiger partial charge in [-0.3, -0.25) is 0 Å². The number of likely N-dealkylation sites (N-methyl/N-ethyl adjacent to an activating group) is 1. The summed E-state index contributed by atoms with van der Waals surface area (Å²) in [7, 11) is 4.28. The van der Waals surface area contributed by atoms with Gasteiger partial charge in [0.1, 0.15) is 0 Å². The number of benzene rings is 2. The summed E-state index contributed by atoms with van der Waals surface area (Å²) < 4.78 is 3.33. The second-order valence-electron chi connectivity index (χ2n) is 12.2. The first kappa shape index (κ1) is 34.9. The Morgan fingerprint density at radius 3 is 1.88 bits per heavy atom. The summed E-state index contributed by atoms with van der Waals surface area (Å²) in [5.41, 5.74) is 9.68. The predicted molar refractivity (Wildman–Crippen MR) is 188 cm³/mol. The number of nitrogens with zero attached hydrogens (tertiary/aromatic N) is 1. The second kappa shape index (κ2) is 15.3. The summed E-state index contributed by atoms with van der Waals surface area (Å²) in [5, 5.41) is 0. The molecule has 0 N–H and O–H groups in total. The molecule has 1 atom stereocenters. The van der Waals surface area contributed by atoms with Crippen molar-refractivity contribution in [3.8, 4) is 5.75 Å². The standard InChI is InChI=1S/C31H38NO.C5H8.2C2H6/c1-22-16-18-26-24(20-22)30(3,4)28(32(26)7)14-12-10-9-11-13-15-29-31(5,6)25-21-23(2)17-19-27(25)33(29)8;1-5-3-2-4-5;2*1-2/h9-21,29H,1-8H3;3H,2,4H2,1H3;2*1-2H3/q+1;;;/b11-9+,12-10+,15-13+,28-14-;;;. The topological polar surface area (TPSA) is 5.94 Å². The van der Waals surface area contributed by atoms with E-state index in [9.17, 15) is 0 Å². The van der Waals surface area contributed by atoms with Crippen LogP contribution in [0.15, 0.2) is 96.3 Å². The van der Waals surface area contributed by atoms with Crippen LogP contribution in [0.5, 0.6) is 5.75 Å². The van der Waals surface area contributed by atoms with E-state index in [2.05, 4.69) is 157 Å². The minimum absolute atomic E-state index is 0.00723. The maximum absolute atomic E-state index is 3.33. The maximum Gasteiger partial charge on any atom is 0.259 e. The molecule has 2 heterocycles. The van der Waals surface area contributed by atoms with Gasteiger partial charge in [0.15, 0.2) is 7.11 Å². The highest BCUT2D eigenvalue weighted by Crippen LogP contribution is 2.50. The third-order valence-corrected chi connectivity index (χ3v) is 8.47. The van der Waals surface area contributed by atoms with E-state index in [1.165, 1.54) is 52.2 Å². The minimum atomic E-state index is 0.00723. The lowest BCUT2D eigenvalue weighted by atomic mass is 9.80. The average Bonchev–Trinajstić information content (AvgIpc) is 3.26. The van der Waals surface area contributed by atoms with Gasteiger partial charge < -0.3 is 9.27 Å². The van der Waals surface area contributed by atoms with E-state index in [0.717, 1.165) is 0 Å². The zero-order valence-corrected chi connectivity index (χ0v) is 28.9. The molecule has 0 amide bonds. The summed E-state index contributed by atoms with van der Waals surface area (Å²) in [6.45, 7) is 23.8. The maximum atomic E-state index is 3.33. The first-order valence-electron chi connectivity index (χ1n) is 15.9. The molecule has 228 valence electrons. The van der Waals surface area contributed by atoms with E-state index in [-0.39, 0.29) is 16.9 Å². The van der Waals surface area contributed by atoms with Gasteiger partial charge in [0.2, 0.25) is 6.10 Å². The lowest BCUT2D eigenvalue weighted by Crippen LogP contribution is -2.31. The van der Waals surface area contributed by atoms with Gasteiger partial charge in [0.05, 0.1) is 11.0 Å². The Kier molecular flexibility index (Phi) is 12.7. The van der Waals surface area contributed by atoms with Gasteiger partial charge in [-0.15, -0.1) is 0 Å². The Labute approximate surface area is 258 Å². The first-order valence-corrected chi connectivity index (χ1v) is 15.9. The van der Waals surface area contributed by atoms with Gasteiger partial charge in [-0.05, 0) is 71.2 Å². The number of hydrogen-bond acceptors (Lipinski definition) is 1. The SMILES string of the molecule is CC.CC.CC1=CCC1.Cc1ccc2c(c1)C(C)(C)/C(=C/C=C/C=C/C=C/C1[O+](C)c3ccc(C)cc3C1(C)C)N2C. The predicted octanol–water partition coefficient (Wildman–Crippen LogP) is 11.6. The Hall–Kier alpha value is -3.26. The summed E-state index contributed by atoms with van der Waals surface area (Å²) >= 11 is 0. The van der Waals surface area contributed by atoms with E-state index in [1.54, 1.807) is 5.57 Å². The second-order valence-corrected chi connectivity index (χ2v) is 12.2. The molecule has 1 unspecified atom stereocenters. The zero-order valence-electron chi connectivity index (χ0n) is 28.9. The molecular formula is C40H58NO+. The molecule has 2 aliphatic heterocycles. The largest absolute Gasteiger partial charge is 0.568 e. The number of allylic oxidation sites excluding steroid dienone is 9. The Balaban J connectivity index is 0.000000600. The average molecular weight is 569 g/mol. The number of rotatable bonds is 4. The quantitative estimate of drug-likeness (QED) is 0.202. The van der Waals surface area contributed by atoms with Crippen LogP contribution in [0.4, 0.5) is 5.69 Å². The van der Waals surface area contributed by atoms with Crippen molar-refractivity contribution in [1.82, 2.24) is 0 Å². The lowest BCUT2D eigenvalue weighted by Gasteiger charge is -2.26. The van der Waals surface area contributed by atoms with E-state index in [0.29, 0.717) is 0 Å². The van der Waals surface area contributed by atoms with Gasteiger partial charge in [-0.2, -0.15) is 0 Å². The Morgan fingerprint density at radius 2 is 1.31 bits per heavy atom. The van der Waals surface area contributed by atoms with Crippen molar-refractivity contribution in [1.29, 1.82) is 0 Å². The molecule has 2 aromatic carbocycles. The van der Waals surface area contributed by atoms with Crippen LogP contribution in [0.1, 0.15) is 97.4 Å². The Morgan fingerprint density at radius 1 is 0.786 bits per heavy atom. The highest BCUT2D eigenvalue weighted by Gasteiger charge is 2.48. The summed E-state index contributed by atoms with van der Waals surface area (Å²) in [6, 6.07) is 13.5. The van der Waals surface area contributed by atoms with Crippen molar-refractivity contribution in [2.24, 2.45) is 0 Å². The first-order chi connectivity index (χ1) is 19.9. The van der Waals surface area contributed by atoms with Crippen molar-refractivity contribution < 1.29 is 4.37 Å². The fourth-order valence-corrected chi connectivity index (χ4v) is 5.91. The molecule has 1 aliphatic carbocycles. The third-order valence-electron chi connectivity index (χ3n) is 8.47. The molecule has 0 radical (unpaired) electrons. The third kappa shape index (κ3) is 7.57. The molecule has 2 aromatic rings. The van der Waals surface area contributed by atoms with Crippen LogP contribution in [-0.2, 0) is 15.2 Å². The molecule has 0 spiro atoms. The van der Waals surface area contributed by atoms with Crippen LogP contribution >= 0.6 is 0 Å². The monoisotopic (exact) mass is 568 g/mol. The van der Waals surface area contributed by atoms with E-state index < -0.39 is 0 Å². The fraction of sp³-hybridized carbons (Fsp3) is 0.450. The van der Waals surface area contributed by atoms with Crippen molar-refractivity contribution >= 4 is 5.69 Å². The fourth-order valence-electron chi connectivity index (χ4n) is 5.91. The van der Waals surface area contributed by atoms with Crippen LogP contribution in [0.2, 0.25) is 0 Å². The van der Waals surface area contributed by atoms with Crippen molar-refractivity contribution in [2.45, 2.75) is 106 Å². The van der Waals surface area contributed by atoms with Gasteiger partial charge in [-0.1, -0.05) is 113 Å². The molecule has 0 fully saturated rings. The molecule has 0 saturated heterocycles. The molecule has 0 aromatic heterocycles. The number of fused-ring (bicyclic) bond motifs is 2. The molecule has 0 bridgehead atoms. The van der Waals surface area contributed by atoms with Crippen LogP contribution in [0.25, 0.3) is 0 Å². The molecule has 5 rings (SSSR count). The van der Waals surface area contributed by atoms with Crippen molar-refractivity contribution in [3.05, 3.63) is 119 Å². The molecule has 2 nitrogen and oxygen atoms in total. The normalized spacial score (nSPS) is 20.3. The van der Waals surface area contributed by atoms with E-state index in [1.807, 2.05) is 27.7 Å². The number of hydrogen-bond donors (Lipinski definition) is 0. The van der Waals surface area contributed by atoms with Crippen LogP contribution in [-0.4, -0.2) is 20.3 Å².